The van der Waals surface area contributed by atoms with E-state index < -0.39 is 0 Å². The van der Waals surface area contributed by atoms with Crippen molar-refractivity contribution in [2.45, 2.75) is 26.7 Å². The molecule has 0 aromatic heterocycles. The highest BCUT2D eigenvalue weighted by molar-refractivity contribution is 5.03. The van der Waals surface area contributed by atoms with Crippen LogP contribution in [0.1, 0.15) is 26.7 Å². The van der Waals surface area contributed by atoms with Gasteiger partial charge < -0.3 is 11.5 Å². The molecule has 0 fully saturated rings. The van der Waals surface area contributed by atoms with Gasteiger partial charge in [-0.1, -0.05) is 13.3 Å². The topological polar surface area (TPSA) is 52.0 Å². The monoisotopic (exact) mass is 114 g/mol. The van der Waals surface area contributed by atoms with E-state index in [9.17, 15) is 0 Å². The van der Waals surface area contributed by atoms with Crippen LogP contribution < -0.4 is 11.5 Å². The van der Waals surface area contributed by atoms with E-state index in [0.717, 1.165) is 24.2 Å². The van der Waals surface area contributed by atoms with Crippen molar-refractivity contribution < 1.29 is 0 Å². The second-order valence-corrected chi connectivity index (χ2v) is 1.96. The van der Waals surface area contributed by atoms with E-state index in [4.69, 9.17) is 11.5 Å². The van der Waals surface area contributed by atoms with Crippen molar-refractivity contribution >= 4 is 0 Å². The van der Waals surface area contributed by atoms with Crippen LogP contribution in [0.5, 0.6) is 0 Å². The zero-order valence-corrected chi connectivity index (χ0v) is 5.57. The molecular formula is C6H14N2. The van der Waals surface area contributed by atoms with Gasteiger partial charge in [-0.2, -0.15) is 0 Å². The molecule has 2 nitrogen and oxygen atoms in total. The predicted molar refractivity (Wildman–Crippen MR) is 36.0 cm³/mol. The minimum absolute atomic E-state index is 0.756. The number of hydrogen-bond acceptors (Lipinski definition) is 2. The second-order valence-electron chi connectivity index (χ2n) is 1.96. The van der Waals surface area contributed by atoms with Crippen LogP contribution in [0.3, 0.4) is 0 Å². The number of rotatable bonds is 2. The summed E-state index contributed by atoms with van der Waals surface area (Å²) >= 11 is 0. The van der Waals surface area contributed by atoms with Crippen LogP contribution in [0, 0.1) is 0 Å². The fourth-order valence-corrected chi connectivity index (χ4v) is 0.467. The van der Waals surface area contributed by atoms with Crippen LogP contribution >= 0.6 is 0 Å². The number of nitrogens with two attached hydrogens (primary N) is 2. The third kappa shape index (κ3) is 2.50. The first kappa shape index (κ1) is 7.34. The molecule has 0 radical (unpaired) electrons. The predicted octanol–water partition coefficient (Wildman–Crippen LogP) is 0.935. The Kier molecular flexibility index (Phi) is 3.08. The Morgan fingerprint density at radius 2 is 1.88 bits per heavy atom. The van der Waals surface area contributed by atoms with Gasteiger partial charge in [-0.15, -0.1) is 0 Å². The molecule has 0 aliphatic carbocycles. The zero-order valence-electron chi connectivity index (χ0n) is 5.57. The van der Waals surface area contributed by atoms with Gasteiger partial charge in [0.1, 0.15) is 0 Å². The average molecular weight is 114 g/mol. The Morgan fingerprint density at radius 1 is 1.38 bits per heavy atom. The summed E-state index contributed by atoms with van der Waals surface area (Å²) in [6, 6.07) is 0. The van der Waals surface area contributed by atoms with Crippen LogP contribution in [-0.4, -0.2) is 0 Å². The van der Waals surface area contributed by atoms with Crippen molar-refractivity contribution in [3.05, 3.63) is 11.4 Å². The Labute approximate surface area is 50.6 Å². The summed E-state index contributed by atoms with van der Waals surface area (Å²) in [4.78, 5) is 0. The van der Waals surface area contributed by atoms with Crippen LogP contribution in [0.4, 0.5) is 0 Å². The fraction of sp³-hybridized carbons (Fsp3) is 0.667. The molecule has 0 spiro atoms. The lowest BCUT2D eigenvalue weighted by molar-refractivity contribution is 0.873. The molecule has 0 saturated carbocycles. The third-order valence-corrected chi connectivity index (χ3v) is 1.03. The summed E-state index contributed by atoms with van der Waals surface area (Å²) in [6.45, 7) is 3.90. The van der Waals surface area contributed by atoms with Crippen molar-refractivity contribution in [1.82, 2.24) is 0 Å². The molecule has 0 bridgehead atoms. The van der Waals surface area contributed by atoms with Gasteiger partial charge in [0.15, 0.2) is 0 Å². The summed E-state index contributed by atoms with van der Waals surface area (Å²) in [7, 11) is 0. The van der Waals surface area contributed by atoms with E-state index in [1.54, 1.807) is 0 Å². The minimum atomic E-state index is 0.756. The van der Waals surface area contributed by atoms with Gasteiger partial charge in [-0.3, -0.25) is 0 Å². The van der Waals surface area contributed by atoms with E-state index in [0.29, 0.717) is 0 Å². The van der Waals surface area contributed by atoms with E-state index in [2.05, 4.69) is 6.92 Å². The molecule has 0 amide bonds. The normalized spacial score (nSPS) is 13.2. The smallest absolute Gasteiger partial charge is 0.0268 e. The largest absolute Gasteiger partial charge is 0.401 e. The van der Waals surface area contributed by atoms with E-state index in [1.165, 1.54) is 0 Å². The van der Waals surface area contributed by atoms with Gasteiger partial charge in [-0.25, -0.2) is 0 Å². The SMILES string of the molecule is CCC/C(N)=C(\C)N. The first-order valence-electron chi connectivity index (χ1n) is 2.89. The Balaban J connectivity index is 3.62. The Hall–Kier alpha value is -0.660. The Morgan fingerprint density at radius 3 is 2.00 bits per heavy atom. The number of allylic oxidation sites excluding steroid dienone is 2. The molecule has 0 heterocycles. The van der Waals surface area contributed by atoms with Gasteiger partial charge >= 0.3 is 0 Å². The van der Waals surface area contributed by atoms with Crippen molar-refractivity contribution in [3.63, 3.8) is 0 Å². The summed E-state index contributed by atoms with van der Waals surface area (Å²) in [5, 5.41) is 0. The molecule has 0 unspecified atom stereocenters. The molecule has 0 rings (SSSR count). The van der Waals surface area contributed by atoms with Crippen molar-refractivity contribution in [2.75, 3.05) is 0 Å². The molecule has 48 valence electrons. The highest BCUT2D eigenvalue weighted by atomic mass is 14.7. The maximum atomic E-state index is 5.48. The highest BCUT2D eigenvalue weighted by Gasteiger charge is 1.88. The molecule has 2 heteroatoms. The molecule has 8 heavy (non-hydrogen) atoms. The Bertz CT molecular complexity index is 90.7. The van der Waals surface area contributed by atoms with Crippen LogP contribution in [-0.2, 0) is 0 Å². The van der Waals surface area contributed by atoms with E-state index >= 15 is 0 Å². The minimum Gasteiger partial charge on any atom is -0.401 e. The van der Waals surface area contributed by atoms with Crippen LogP contribution in [0.2, 0.25) is 0 Å². The lowest BCUT2D eigenvalue weighted by atomic mass is 10.2. The van der Waals surface area contributed by atoms with Gasteiger partial charge in [0.05, 0.1) is 0 Å². The maximum absolute atomic E-state index is 5.48. The van der Waals surface area contributed by atoms with E-state index in [1.807, 2.05) is 6.92 Å². The highest BCUT2D eigenvalue weighted by Crippen LogP contribution is 1.98. The molecule has 0 aliphatic heterocycles. The summed E-state index contributed by atoms with van der Waals surface area (Å²) in [5.41, 5.74) is 12.4. The second kappa shape index (κ2) is 3.36. The third-order valence-electron chi connectivity index (χ3n) is 1.03. The van der Waals surface area contributed by atoms with Gasteiger partial charge in [0.25, 0.3) is 0 Å². The maximum Gasteiger partial charge on any atom is 0.0268 e. The lowest BCUT2D eigenvalue weighted by Gasteiger charge is -1.98. The van der Waals surface area contributed by atoms with Crippen molar-refractivity contribution in [2.24, 2.45) is 11.5 Å². The molecule has 0 aromatic carbocycles. The van der Waals surface area contributed by atoms with E-state index in [-0.39, 0.29) is 0 Å². The summed E-state index contributed by atoms with van der Waals surface area (Å²) < 4.78 is 0. The molecule has 0 aromatic rings. The van der Waals surface area contributed by atoms with Gasteiger partial charge in [0, 0.05) is 11.4 Å². The quantitative estimate of drug-likeness (QED) is 0.561. The molecule has 0 atom stereocenters. The summed E-state index contributed by atoms with van der Waals surface area (Å²) in [5.74, 6) is 0. The molecule has 0 aliphatic rings. The standard InChI is InChI=1S/C6H14N2/c1-3-4-6(8)5(2)7/h3-4,7-8H2,1-2H3/b6-5-. The first-order chi connectivity index (χ1) is 3.68. The lowest BCUT2D eigenvalue weighted by Crippen LogP contribution is -2.05. The first-order valence-corrected chi connectivity index (χ1v) is 2.89. The molecular weight excluding hydrogens is 100 g/mol. The van der Waals surface area contributed by atoms with Crippen LogP contribution in [0.25, 0.3) is 0 Å². The van der Waals surface area contributed by atoms with Crippen molar-refractivity contribution in [1.29, 1.82) is 0 Å². The molecule has 0 saturated heterocycles. The van der Waals surface area contributed by atoms with Gasteiger partial charge in [0.2, 0.25) is 0 Å². The fourth-order valence-electron chi connectivity index (χ4n) is 0.467. The van der Waals surface area contributed by atoms with Crippen LogP contribution in [0.15, 0.2) is 11.4 Å². The molecule has 4 N–H and O–H groups in total. The summed E-state index contributed by atoms with van der Waals surface area (Å²) in [6.07, 6.45) is 1.99. The average Bonchev–Trinajstić information content (AvgIpc) is 1.67. The zero-order chi connectivity index (χ0) is 6.57. The van der Waals surface area contributed by atoms with Gasteiger partial charge in [-0.05, 0) is 13.3 Å². The number of hydrogen-bond donors (Lipinski definition) is 2. The van der Waals surface area contributed by atoms with Crippen molar-refractivity contribution in [3.8, 4) is 0 Å².